The van der Waals surface area contributed by atoms with E-state index in [0.717, 1.165) is 109 Å². The Morgan fingerprint density at radius 1 is 0.484 bits per heavy atom. The molecule has 21 heteroatoms. The summed E-state index contributed by atoms with van der Waals surface area (Å²) in [5.41, 5.74) is 5.60. The molecule has 0 aromatic carbocycles. The second-order valence-electron chi connectivity index (χ2n) is 26.6. The first kappa shape index (κ1) is 85.2. The van der Waals surface area contributed by atoms with Gasteiger partial charge in [-0.15, -0.1) is 0 Å². The number of amides is 2. The first-order valence-electron chi connectivity index (χ1n) is 37.2. The molecule has 0 aromatic heterocycles. The van der Waals surface area contributed by atoms with E-state index in [0.29, 0.717) is 32.1 Å². The third-order valence-corrected chi connectivity index (χ3v) is 18.7. The van der Waals surface area contributed by atoms with E-state index >= 15 is 0 Å². The maximum Gasteiger partial charge on any atom is 0.470 e. The molecular weight excluding hydrogens is 1190 g/mol. The monoisotopic (exact) mass is 1320 g/mol. The number of phosphoric ester groups is 1. The number of phosphoric acid groups is 1. The predicted molar refractivity (Wildman–Crippen MR) is 359 cm³/mol. The molecule has 2 aliphatic rings. The van der Waals surface area contributed by atoms with Crippen LogP contribution in [0.15, 0.2) is 0 Å². The van der Waals surface area contributed by atoms with E-state index in [1.807, 2.05) is 0 Å². The first-order chi connectivity index (χ1) is 44.1. The van der Waals surface area contributed by atoms with Crippen molar-refractivity contribution in [1.29, 1.82) is 0 Å². The molecule has 0 aromatic rings. The van der Waals surface area contributed by atoms with Crippen LogP contribution in [-0.4, -0.2) is 153 Å². The maximum absolute atomic E-state index is 14.2. The summed E-state index contributed by atoms with van der Waals surface area (Å²) in [6.07, 6.45) is 33.5. The van der Waals surface area contributed by atoms with E-state index in [2.05, 4.69) is 31.4 Å². The molecule has 2 heterocycles. The van der Waals surface area contributed by atoms with E-state index in [9.17, 15) is 54.3 Å². The molecule has 538 valence electrons. The van der Waals surface area contributed by atoms with Gasteiger partial charge >= 0.3 is 13.8 Å². The Kier molecular flexibility index (Phi) is 52.6. The minimum absolute atomic E-state index is 0.196. The molecule has 0 saturated carbocycles. The fourth-order valence-corrected chi connectivity index (χ4v) is 13.1. The fourth-order valence-electron chi connectivity index (χ4n) is 12.5. The highest BCUT2D eigenvalue weighted by molar-refractivity contribution is 7.46. The molecule has 2 aliphatic heterocycles. The number of carbonyl (C=O) groups excluding carboxylic acids is 3. The number of carbonyl (C=O) groups is 3. The van der Waals surface area contributed by atoms with Crippen molar-refractivity contribution in [2.75, 3.05) is 26.4 Å². The van der Waals surface area contributed by atoms with Crippen molar-refractivity contribution < 1.29 is 82.5 Å². The van der Waals surface area contributed by atoms with Gasteiger partial charge in [0.1, 0.15) is 54.8 Å². The summed E-state index contributed by atoms with van der Waals surface area (Å²) < 4.78 is 47.8. The number of esters is 1. The molecule has 0 spiro atoms. The van der Waals surface area contributed by atoms with Gasteiger partial charge < -0.3 is 75.4 Å². The van der Waals surface area contributed by atoms with Crippen molar-refractivity contribution in [3.63, 3.8) is 0 Å². The molecule has 2 fully saturated rings. The van der Waals surface area contributed by atoms with Gasteiger partial charge in [0.05, 0.1) is 32.2 Å². The zero-order valence-electron chi connectivity index (χ0n) is 57.4. The minimum atomic E-state index is -5.32. The van der Waals surface area contributed by atoms with Crippen molar-refractivity contribution in [1.82, 2.24) is 10.6 Å². The van der Waals surface area contributed by atoms with Gasteiger partial charge in [0.15, 0.2) is 12.6 Å². The maximum atomic E-state index is 14.2. The average molecular weight is 1320 g/mol. The first-order valence-corrected chi connectivity index (χ1v) is 38.7. The lowest BCUT2D eigenvalue weighted by molar-refractivity contribution is -0.302. The highest BCUT2D eigenvalue weighted by Crippen LogP contribution is 2.42. The molecule has 0 radical (unpaired) electrons. The zero-order chi connectivity index (χ0) is 66.6. The number of nitrogens with two attached hydrogens (primary N) is 1. The Morgan fingerprint density at radius 2 is 0.868 bits per heavy atom. The molecule has 91 heavy (non-hydrogen) atoms. The standard InChI is InChI=1S/C70H136N3O17P/c1-4-7-10-13-16-27-32-37-42-47-56(75)52-60(76)72-63-66(80)65(79)59(89-69(63)85-51-46-41-36-31-26-24-22-20-19-21-23-25-30-35-40-45-50-71)55-86-70-64(67(81)68(58(54-74)88-70)90-91(82,83)84)73-61(77)53-57(48-43-38-33-28-17-14-11-8-5-2)87-62(78)49-44-39-34-29-18-15-12-9-6-3/h56-59,63-70,74-75,79-81H,4-55,71H2,1-3H3,(H,72,76)(H,73,77)(H2,82,83,84)/t56-,57-,58-,59-,63-,64-,65-,66-,67-,68-,69+,70-/m1/s1. The van der Waals surface area contributed by atoms with Gasteiger partial charge in [0.2, 0.25) is 11.8 Å². The van der Waals surface area contributed by atoms with Crippen molar-refractivity contribution in [3.05, 3.63) is 0 Å². The zero-order valence-corrected chi connectivity index (χ0v) is 58.3. The van der Waals surface area contributed by atoms with Crippen LogP contribution in [0.4, 0.5) is 0 Å². The van der Waals surface area contributed by atoms with Crippen LogP contribution < -0.4 is 16.4 Å². The van der Waals surface area contributed by atoms with E-state index < -0.39 is 112 Å². The summed E-state index contributed by atoms with van der Waals surface area (Å²) in [5.74, 6) is -1.68. The number of aliphatic hydroxyl groups excluding tert-OH is 5. The van der Waals surface area contributed by atoms with Crippen LogP contribution in [-0.2, 0) is 47.2 Å². The summed E-state index contributed by atoms with van der Waals surface area (Å²) in [4.78, 5) is 60.7. The summed E-state index contributed by atoms with van der Waals surface area (Å²) in [6, 6.07) is -2.87. The van der Waals surface area contributed by atoms with Crippen LogP contribution in [0.2, 0.25) is 0 Å². The largest absolute Gasteiger partial charge is 0.470 e. The molecule has 20 nitrogen and oxygen atoms in total. The lowest BCUT2D eigenvalue weighted by Crippen LogP contribution is -2.67. The quantitative estimate of drug-likeness (QED) is 0.0154. The van der Waals surface area contributed by atoms with Crippen molar-refractivity contribution >= 4 is 25.6 Å². The number of unbranched alkanes of at least 4 members (excludes halogenated alkanes) is 39. The number of hydrogen-bond acceptors (Lipinski definition) is 16. The number of nitrogens with one attached hydrogen (secondary N) is 2. The lowest BCUT2D eigenvalue weighted by atomic mass is 9.95. The molecule has 2 saturated heterocycles. The normalized spacial score (nSPS) is 22.7. The SMILES string of the molecule is CCCCCCCCCCCC(=O)O[C@H](CCCCCCCCCCC)CC(=O)N[C@H]1[C@H](OC[C@H]2O[C@H](OCCCCCCCCCCCCCCCCCCN)[C@H](NC(=O)C[C@H](O)CCCCCCCCCCC)[C@@H](O)[C@@H]2O)O[C@H](CO)[C@@H](OP(=O)(O)O)[C@@H]1O. The number of ether oxygens (including phenoxy) is 5. The molecule has 0 bridgehead atoms. The Morgan fingerprint density at radius 3 is 1.32 bits per heavy atom. The van der Waals surface area contributed by atoms with Gasteiger partial charge in [-0.05, 0) is 45.1 Å². The summed E-state index contributed by atoms with van der Waals surface area (Å²) in [5, 5.41) is 61.9. The Balaban J connectivity index is 2.21. The van der Waals surface area contributed by atoms with Crippen LogP contribution in [0, 0.1) is 0 Å². The number of aliphatic hydroxyl groups is 5. The average Bonchev–Trinajstić information content (AvgIpc) is 2.76. The molecular formula is C70H136N3O17P. The second-order valence-corrected chi connectivity index (χ2v) is 27.8. The van der Waals surface area contributed by atoms with Crippen LogP contribution in [0.1, 0.15) is 329 Å². The van der Waals surface area contributed by atoms with Gasteiger partial charge in [-0.2, -0.15) is 0 Å². The van der Waals surface area contributed by atoms with E-state index in [-0.39, 0.29) is 25.9 Å². The second kappa shape index (κ2) is 56.2. The Hall–Kier alpha value is -1.88. The summed E-state index contributed by atoms with van der Waals surface area (Å²) >= 11 is 0. The van der Waals surface area contributed by atoms with Crippen molar-refractivity contribution in [3.8, 4) is 0 Å². The third kappa shape index (κ3) is 43.1. The van der Waals surface area contributed by atoms with Crippen LogP contribution in [0.5, 0.6) is 0 Å². The van der Waals surface area contributed by atoms with Gasteiger partial charge in [0.25, 0.3) is 0 Å². The van der Waals surface area contributed by atoms with Gasteiger partial charge in [-0.3, -0.25) is 18.9 Å². The smallest absolute Gasteiger partial charge is 0.462 e. The molecule has 0 aliphatic carbocycles. The molecule has 11 N–H and O–H groups in total. The van der Waals surface area contributed by atoms with E-state index in [4.69, 9.17) is 33.9 Å². The summed E-state index contributed by atoms with van der Waals surface area (Å²) in [6.45, 7) is 6.08. The number of rotatable bonds is 62. The van der Waals surface area contributed by atoms with Gasteiger partial charge in [-0.25, -0.2) is 4.57 Å². The minimum Gasteiger partial charge on any atom is -0.462 e. The van der Waals surface area contributed by atoms with Crippen LogP contribution >= 0.6 is 7.82 Å². The predicted octanol–water partition coefficient (Wildman–Crippen LogP) is 13.0. The Labute approximate surface area is 551 Å². The van der Waals surface area contributed by atoms with E-state index in [1.54, 1.807) is 0 Å². The van der Waals surface area contributed by atoms with Crippen molar-refractivity contribution in [2.24, 2.45) is 5.73 Å². The lowest BCUT2D eigenvalue weighted by Gasteiger charge is -2.45. The molecule has 0 unspecified atom stereocenters. The third-order valence-electron chi connectivity index (χ3n) is 18.2. The highest BCUT2D eigenvalue weighted by atomic mass is 31.2. The van der Waals surface area contributed by atoms with Crippen molar-refractivity contribution in [2.45, 2.75) is 402 Å². The Bertz CT molecular complexity index is 1790. The van der Waals surface area contributed by atoms with Gasteiger partial charge in [-0.1, -0.05) is 271 Å². The molecule has 2 rings (SSSR count). The van der Waals surface area contributed by atoms with Crippen LogP contribution in [0.3, 0.4) is 0 Å². The molecule has 12 atom stereocenters. The van der Waals surface area contributed by atoms with E-state index in [1.165, 1.54) is 154 Å². The fraction of sp³-hybridized carbons (Fsp3) is 0.957. The topological polar surface area (TPSA) is 315 Å². The van der Waals surface area contributed by atoms with Gasteiger partial charge in [0, 0.05) is 13.0 Å². The highest BCUT2D eigenvalue weighted by Gasteiger charge is 2.51. The summed E-state index contributed by atoms with van der Waals surface area (Å²) in [7, 11) is -5.32. The number of hydrogen-bond donors (Lipinski definition) is 10. The van der Waals surface area contributed by atoms with Crippen LogP contribution in [0.25, 0.3) is 0 Å². The molecule has 2 amide bonds.